The van der Waals surface area contributed by atoms with E-state index in [0.29, 0.717) is 5.41 Å². The predicted octanol–water partition coefficient (Wildman–Crippen LogP) is 4.30. The van der Waals surface area contributed by atoms with Crippen LogP contribution in [0.5, 0.6) is 0 Å². The lowest BCUT2D eigenvalue weighted by atomic mass is 9.91. The van der Waals surface area contributed by atoms with Crippen LogP contribution < -0.4 is 10.2 Å². The summed E-state index contributed by atoms with van der Waals surface area (Å²) in [5, 5.41) is 3.51. The summed E-state index contributed by atoms with van der Waals surface area (Å²) in [4.78, 5) is 2.16. The number of aryl methyl sites for hydroxylation is 1. The standard InChI is InChI=1S/C16H28N2/c1-13-8-9-14(12-15(13)18(5)6)17-11-7-10-16(2,3)4/h8-9,12,17H,7,10-11H2,1-6H3. The van der Waals surface area contributed by atoms with Gasteiger partial charge in [-0.05, 0) is 42.9 Å². The summed E-state index contributed by atoms with van der Waals surface area (Å²) >= 11 is 0. The van der Waals surface area contributed by atoms with Gasteiger partial charge >= 0.3 is 0 Å². The summed E-state index contributed by atoms with van der Waals surface area (Å²) in [6, 6.07) is 6.58. The molecule has 0 aromatic heterocycles. The van der Waals surface area contributed by atoms with Crippen LogP contribution in [0.2, 0.25) is 0 Å². The molecule has 2 nitrogen and oxygen atoms in total. The molecule has 0 radical (unpaired) electrons. The fourth-order valence-corrected chi connectivity index (χ4v) is 2.05. The van der Waals surface area contributed by atoms with E-state index in [0.717, 1.165) is 6.54 Å². The van der Waals surface area contributed by atoms with Crippen LogP contribution in [-0.2, 0) is 0 Å². The molecule has 0 fully saturated rings. The van der Waals surface area contributed by atoms with Gasteiger partial charge in [-0.2, -0.15) is 0 Å². The third-order valence-corrected chi connectivity index (χ3v) is 3.12. The second kappa shape index (κ2) is 6.12. The van der Waals surface area contributed by atoms with Crippen LogP contribution >= 0.6 is 0 Å². The Morgan fingerprint density at radius 2 is 1.83 bits per heavy atom. The molecule has 0 saturated heterocycles. The van der Waals surface area contributed by atoms with Gasteiger partial charge in [0.05, 0.1) is 0 Å². The Kier molecular flexibility index (Phi) is 5.06. The molecule has 0 unspecified atom stereocenters. The molecular formula is C16H28N2. The minimum atomic E-state index is 0.434. The summed E-state index contributed by atoms with van der Waals surface area (Å²) in [6.07, 6.45) is 2.47. The van der Waals surface area contributed by atoms with Crippen molar-refractivity contribution in [1.82, 2.24) is 0 Å². The Bertz CT molecular complexity index is 375. The molecule has 0 aliphatic carbocycles. The molecule has 1 aromatic carbocycles. The van der Waals surface area contributed by atoms with Gasteiger partial charge in [0.2, 0.25) is 0 Å². The van der Waals surface area contributed by atoms with E-state index in [1.54, 1.807) is 0 Å². The molecular weight excluding hydrogens is 220 g/mol. The van der Waals surface area contributed by atoms with Crippen LogP contribution in [-0.4, -0.2) is 20.6 Å². The predicted molar refractivity (Wildman–Crippen MR) is 82.7 cm³/mol. The van der Waals surface area contributed by atoms with Crippen molar-refractivity contribution >= 4 is 11.4 Å². The summed E-state index contributed by atoms with van der Waals surface area (Å²) in [5.41, 5.74) is 4.26. The van der Waals surface area contributed by atoms with Gasteiger partial charge in [-0.3, -0.25) is 0 Å². The van der Waals surface area contributed by atoms with Crippen molar-refractivity contribution in [2.45, 2.75) is 40.5 Å². The van der Waals surface area contributed by atoms with E-state index in [2.05, 4.69) is 70.2 Å². The molecule has 2 heteroatoms. The van der Waals surface area contributed by atoms with Crippen LogP contribution in [0.25, 0.3) is 0 Å². The Hall–Kier alpha value is -1.18. The van der Waals surface area contributed by atoms with Crippen molar-refractivity contribution < 1.29 is 0 Å². The topological polar surface area (TPSA) is 15.3 Å². The van der Waals surface area contributed by atoms with Gasteiger partial charge in [0.25, 0.3) is 0 Å². The van der Waals surface area contributed by atoms with Gasteiger partial charge in [0, 0.05) is 32.0 Å². The molecule has 18 heavy (non-hydrogen) atoms. The van der Waals surface area contributed by atoms with Crippen LogP contribution in [0.15, 0.2) is 18.2 Å². The first kappa shape index (κ1) is 14.9. The normalized spacial score (nSPS) is 11.4. The largest absolute Gasteiger partial charge is 0.385 e. The molecule has 0 heterocycles. The smallest absolute Gasteiger partial charge is 0.0411 e. The molecule has 0 spiro atoms. The number of rotatable bonds is 5. The quantitative estimate of drug-likeness (QED) is 0.782. The third-order valence-electron chi connectivity index (χ3n) is 3.12. The zero-order chi connectivity index (χ0) is 13.8. The Morgan fingerprint density at radius 3 is 2.39 bits per heavy atom. The lowest BCUT2D eigenvalue weighted by molar-refractivity contribution is 0.370. The summed E-state index contributed by atoms with van der Waals surface area (Å²) < 4.78 is 0. The molecule has 0 bridgehead atoms. The van der Waals surface area contributed by atoms with E-state index >= 15 is 0 Å². The van der Waals surface area contributed by atoms with Gasteiger partial charge in [0.1, 0.15) is 0 Å². The lowest BCUT2D eigenvalue weighted by Crippen LogP contribution is -2.12. The maximum Gasteiger partial charge on any atom is 0.0411 e. The maximum atomic E-state index is 3.51. The van der Waals surface area contributed by atoms with Crippen molar-refractivity contribution in [1.29, 1.82) is 0 Å². The summed E-state index contributed by atoms with van der Waals surface area (Å²) in [6.45, 7) is 10.1. The third kappa shape index (κ3) is 4.99. The van der Waals surface area contributed by atoms with Gasteiger partial charge in [-0.25, -0.2) is 0 Å². The lowest BCUT2D eigenvalue weighted by Gasteiger charge is -2.19. The highest BCUT2D eigenvalue weighted by Gasteiger charge is 2.09. The maximum absolute atomic E-state index is 3.51. The van der Waals surface area contributed by atoms with Gasteiger partial charge in [-0.1, -0.05) is 26.8 Å². The van der Waals surface area contributed by atoms with Gasteiger partial charge in [0.15, 0.2) is 0 Å². The van der Waals surface area contributed by atoms with E-state index in [9.17, 15) is 0 Å². The Labute approximate surface area is 112 Å². The Balaban J connectivity index is 2.51. The molecule has 1 rings (SSSR count). The van der Waals surface area contributed by atoms with E-state index in [-0.39, 0.29) is 0 Å². The average Bonchev–Trinajstić information content (AvgIpc) is 2.24. The van der Waals surface area contributed by atoms with Crippen LogP contribution in [0.3, 0.4) is 0 Å². The SMILES string of the molecule is Cc1ccc(NCCCC(C)(C)C)cc1N(C)C. The van der Waals surface area contributed by atoms with E-state index in [1.807, 2.05) is 0 Å². The van der Waals surface area contributed by atoms with Gasteiger partial charge in [-0.15, -0.1) is 0 Å². The summed E-state index contributed by atoms with van der Waals surface area (Å²) in [5.74, 6) is 0. The van der Waals surface area contributed by atoms with Crippen LogP contribution in [0.4, 0.5) is 11.4 Å². The molecule has 1 N–H and O–H groups in total. The van der Waals surface area contributed by atoms with Gasteiger partial charge < -0.3 is 10.2 Å². The molecule has 0 aliphatic heterocycles. The van der Waals surface area contributed by atoms with Crippen molar-refractivity contribution in [2.24, 2.45) is 5.41 Å². The number of hydrogen-bond acceptors (Lipinski definition) is 2. The van der Waals surface area contributed by atoms with Crippen molar-refractivity contribution in [3.05, 3.63) is 23.8 Å². The van der Waals surface area contributed by atoms with Crippen LogP contribution in [0, 0.1) is 12.3 Å². The van der Waals surface area contributed by atoms with Crippen molar-refractivity contribution in [3.8, 4) is 0 Å². The number of benzene rings is 1. The minimum absolute atomic E-state index is 0.434. The van der Waals surface area contributed by atoms with E-state index < -0.39 is 0 Å². The highest BCUT2D eigenvalue weighted by Crippen LogP contribution is 2.23. The average molecular weight is 248 g/mol. The molecule has 0 amide bonds. The molecule has 0 aliphatic rings. The second-order valence-electron chi connectivity index (χ2n) is 6.49. The monoisotopic (exact) mass is 248 g/mol. The number of anilines is 2. The second-order valence-corrected chi connectivity index (χ2v) is 6.49. The zero-order valence-corrected chi connectivity index (χ0v) is 12.8. The van der Waals surface area contributed by atoms with E-state index in [4.69, 9.17) is 0 Å². The molecule has 0 atom stereocenters. The number of nitrogens with one attached hydrogen (secondary N) is 1. The molecule has 102 valence electrons. The summed E-state index contributed by atoms with van der Waals surface area (Å²) in [7, 11) is 4.18. The number of hydrogen-bond donors (Lipinski definition) is 1. The first-order chi connectivity index (χ1) is 8.29. The fraction of sp³-hybridized carbons (Fsp3) is 0.625. The first-order valence-corrected chi connectivity index (χ1v) is 6.81. The molecule has 1 aromatic rings. The fourth-order valence-electron chi connectivity index (χ4n) is 2.05. The number of nitrogens with zero attached hydrogens (tertiary/aromatic N) is 1. The highest BCUT2D eigenvalue weighted by molar-refractivity contribution is 5.61. The molecule has 0 saturated carbocycles. The Morgan fingerprint density at radius 1 is 1.17 bits per heavy atom. The van der Waals surface area contributed by atoms with Crippen LogP contribution in [0.1, 0.15) is 39.2 Å². The van der Waals surface area contributed by atoms with E-state index in [1.165, 1.54) is 29.8 Å². The van der Waals surface area contributed by atoms with Crippen molar-refractivity contribution in [3.63, 3.8) is 0 Å². The van der Waals surface area contributed by atoms with Crippen molar-refractivity contribution in [2.75, 3.05) is 30.9 Å². The first-order valence-electron chi connectivity index (χ1n) is 6.81. The zero-order valence-electron chi connectivity index (χ0n) is 12.8. The highest BCUT2D eigenvalue weighted by atomic mass is 15.1. The minimum Gasteiger partial charge on any atom is -0.385 e.